The molecule has 6 aromatic carbocycles. The molecular formula is C38H27N. The molecule has 0 unspecified atom stereocenters. The van der Waals surface area contributed by atoms with Gasteiger partial charge in [0.15, 0.2) is 0 Å². The normalized spacial score (nSPS) is 13.6. The van der Waals surface area contributed by atoms with Gasteiger partial charge in [0.1, 0.15) is 0 Å². The van der Waals surface area contributed by atoms with Crippen molar-refractivity contribution in [3.05, 3.63) is 139 Å². The van der Waals surface area contributed by atoms with E-state index in [1.165, 1.54) is 76.8 Å². The third-order valence-corrected chi connectivity index (χ3v) is 8.71. The lowest BCUT2D eigenvalue weighted by atomic mass is 9.79. The van der Waals surface area contributed by atoms with Crippen molar-refractivity contribution in [1.29, 1.82) is 0 Å². The monoisotopic (exact) mass is 497 g/mol. The molecule has 0 aliphatic heterocycles. The maximum absolute atomic E-state index is 4.14. The first kappa shape index (κ1) is 22.3. The van der Waals surface area contributed by atoms with Crippen molar-refractivity contribution < 1.29 is 0 Å². The molecule has 8 rings (SSSR count). The molecule has 1 aromatic heterocycles. The Morgan fingerprint density at radius 1 is 0.487 bits per heavy atom. The standard InChI is InChI=1S/C38H27N/c1-38(2)35-23-29-21-27(25-13-11-24(12-14-25)26-17-19-39-20-18-26)15-16-28(29)22-34(35)36-32-9-5-3-7-30(32)31-8-4-6-10-33(31)37(36)38/h3-23H,1-2H3. The fraction of sp³-hybridized carbons (Fsp3) is 0.0789. The van der Waals surface area contributed by atoms with Gasteiger partial charge in [0.2, 0.25) is 0 Å². The molecule has 184 valence electrons. The van der Waals surface area contributed by atoms with Crippen LogP contribution in [0, 0.1) is 0 Å². The highest BCUT2D eigenvalue weighted by molar-refractivity contribution is 6.18. The summed E-state index contributed by atoms with van der Waals surface area (Å²) in [4.78, 5) is 4.14. The first-order valence-electron chi connectivity index (χ1n) is 13.6. The Labute approximate surface area is 228 Å². The summed E-state index contributed by atoms with van der Waals surface area (Å²) >= 11 is 0. The summed E-state index contributed by atoms with van der Waals surface area (Å²) in [5.41, 5.74) is 10.4. The summed E-state index contributed by atoms with van der Waals surface area (Å²) in [6, 6.07) is 42.6. The van der Waals surface area contributed by atoms with Gasteiger partial charge in [-0.05, 0) is 107 Å². The second-order valence-electron chi connectivity index (χ2n) is 11.2. The quantitative estimate of drug-likeness (QED) is 0.217. The molecule has 0 amide bonds. The van der Waals surface area contributed by atoms with E-state index in [1.54, 1.807) is 0 Å². The van der Waals surface area contributed by atoms with Crippen molar-refractivity contribution in [2.75, 3.05) is 0 Å². The molecule has 0 saturated heterocycles. The Balaban J connectivity index is 1.31. The van der Waals surface area contributed by atoms with Crippen LogP contribution in [0.3, 0.4) is 0 Å². The molecule has 1 heterocycles. The predicted molar refractivity (Wildman–Crippen MR) is 165 cm³/mol. The minimum atomic E-state index is -0.0926. The first-order chi connectivity index (χ1) is 19.1. The maximum Gasteiger partial charge on any atom is 0.0273 e. The molecule has 39 heavy (non-hydrogen) atoms. The van der Waals surface area contributed by atoms with Gasteiger partial charge < -0.3 is 0 Å². The van der Waals surface area contributed by atoms with Crippen molar-refractivity contribution in [3.63, 3.8) is 0 Å². The zero-order valence-electron chi connectivity index (χ0n) is 22.1. The minimum absolute atomic E-state index is 0.0926. The van der Waals surface area contributed by atoms with Crippen LogP contribution in [0.5, 0.6) is 0 Å². The van der Waals surface area contributed by atoms with Crippen LogP contribution in [0.2, 0.25) is 0 Å². The topological polar surface area (TPSA) is 12.9 Å². The van der Waals surface area contributed by atoms with E-state index in [2.05, 4.69) is 134 Å². The molecule has 7 aromatic rings. The molecule has 1 heteroatoms. The van der Waals surface area contributed by atoms with E-state index in [0.717, 1.165) is 0 Å². The molecule has 0 saturated carbocycles. The Bertz CT molecular complexity index is 2070. The van der Waals surface area contributed by atoms with Gasteiger partial charge in [-0.2, -0.15) is 0 Å². The molecule has 0 bridgehead atoms. The SMILES string of the molecule is CC1(C)c2cc3cc(-c4ccc(-c5ccncc5)cc4)ccc3cc2-c2c1c1ccccc1c1ccccc21. The number of hydrogen-bond acceptors (Lipinski definition) is 1. The number of nitrogens with zero attached hydrogens (tertiary/aromatic N) is 1. The Morgan fingerprint density at radius 3 is 1.77 bits per heavy atom. The lowest BCUT2D eigenvalue weighted by molar-refractivity contribution is 0.667. The number of fused-ring (bicyclic) bond motifs is 9. The molecule has 1 aliphatic carbocycles. The smallest absolute Gasteiger partial charge is 0.0273 e. The van der Waals surface area contributed by atoms with Crippen LogP contribution in [0.25, 0.3) is 65.7 Å². The van der Waals surface area contributed by atoms with E-state index >= 15 is 0 Å². The van der Waals surface area contributed by atoms with Crippen LogP contribution in [0.4, 0.5) is 0 Å². The van der Waals surface area contributed by atoms with Gasteiger partial charge in [0, 0.05) is 17.8 Å². The molecule has 0 N–H and O–H groups in total. The van der Waals surface area contributed by atoms with Gasteiger partial charge in [-0.15, -0.1) is 0 Å². The van der Waals surface area contributed by atoms with E-state index in [9.17, 15) is 0 Å². The number of pyridine rings is 1. The second kappa shape index (κ2) is 8.12. The van der Waals surface area contributed by atoms with Gasteiger partial charge in [-0.25, -0.2) is 0 Å². The predicted octanol–water partition coefficient (Wildman–Crippen LogP) is 10.2. The Morgan fingerprint density at radius 2 is 1.05 bits per heavy atom. The third-order valence-electron chi connectivity index (χ3n) is 8.71. The maximum atomic E-state index is 4.14. The first-order valence-corrected chi connectivity index (χ1v) is 13.6. The molecule has 0 spiro atoms. The zero-order valence-corrected chi connectivity index (χ0v) is 22.1. The number of rotatable bonds is 2. The number of benzene rings is 6. The highest BCUT2D eigenvalue weighted by atomic mass is 14.6. The van der Waals surface area contributed by atoms with Crippen LogP contribution in [-0.4, -0.2) is 4.98 Å². The average Bonchev–Trinajstić information content (AvgIpc) is 3.22. The van der Waals surface area contributed by atoms with Gasteiger partial charge in [0.25, 0.3) is 0 Å². The summed E-state index contributed by atoms with van der Waals surface area (Å²) in [6.07, 6.45) is 3.69. The van der Waals surface area contributed by atoms with Gasteiger partial charge in [-0.1, -0.05) is 98.8 Å². The second-order valence-corrected chi connectivity index (χ2v) is 11.2. The summed E-state index contributed by atoms with van der Waals surface area (Å²) in [5, 5.41) is 7.97. The fourth-order valence-corrected chi connectivity index (χ4v) is 6.81. The van der Waals surface area contributed by atoms with E-state index in [-0.39, 0.29) is 5.41 Å². The van der Waals surface area contributed by atoms with Crippen molar-refractivity contribution in [3.8, 4) is 33.4 Å². The molecule has 0 fully saturated rings. The van der Waals surface area contributed by atoms with Gasteiger partial charge in [-0.3, -0.25) is 4.98 Å². The average molecular weight is 498 g/mol. The van der Waals surface area contributed by atoms with Crippen LogP contribution < -0.4 is 0 Å². The highest BCUT2D eigenvalue weighted by Gasteiger charge is 2.38. The lowest BCUT2D eigenvalue weighted by Crippen LogP contribution is -2.15. The van der Waals surface area contributed by atoms with Gasteiger partial charge >= 0.3 is 0 Å². The van der Waals surface area contributed by atoms with Crippen LogP contribution >= 0.6 is 0 Å². The lowest BCUT2D eigenvalue weighted by Gasteiger charge is -2.24. The molecule has 1 aliphatic rings. The van der Waals surface area contributed by atoms with E-state index in [0.29, 0.717) is 0 Å². The van der Waals surface area contributed by atoms with E-state index < -0.39 is 0 Å². The van der Waals surface area contributed by atoms with Crippen molar-refractivity contribution in [1.82, 2.24) is 4.98 Å². The van der Waals surface area contributed by atoms with E-state index in [1.807, 2.05) is 12.4 Å². The molecule has 0 radical (unpaired) electrons. The Kier molecular flexibility index (Phi) is 4.63. The van der Waals surface area contributed by atoms with Crippen molar-refractivity contribution >= 4 is 32.3 Å². The summed E-state index contributed by atoms with van der Waals surface area (Å²) < 4.78 is 0. The molecule has 0 atom stereocenters. The number of aromatic nitrogens is 1. The van der Waals surface area contributed by atoms with Crippen LogP contribution in [-0.2, 0) is 5.41 Å². The van der Waals surface area contributed by atoms with Crippen molar-refractivity contribution in [2.45, 2.75) is 19.3 Å². The zero-order chi connectivity index (χ0) is 26.1. The van der Waals surface area contributed by atoms with Crippen molar-refractivity contribution in [2.24, 2.45) is 0 Å². The third kappa shape index (κ3) is 3.23. The van der Waals surface area contributed by atoms with Crippen LogP contribution in [0.1, 0.15) is 25.0 Å². The summed E-state index contributed by atoms with van der Waals surface area (Å²) in [7, 11) is 0. The fourth-order valence-electron chi connectivity index (χ4n) is 6.81. The molecule has 1 nitrogen and oxygen atoms in total. The summed E-state index contributed by atoms with van der Waals surface area (Å²) in [6.45, 7) is 4.79. The van der Waals surface area contributed by atoms with Crippen LogP contribution in [0.15, 0.2) is 128 Å². The van der Waals surface area contributed by atoms with Gasteiger partial charge in [0.05, 0.1) is 0 Å². The van der Waals surface area contributed by atoms with E-state index in [4.69, 9.17) is 0 Å². The number of hydrogen-bond donors (Lipinski definition) is 0. The molecular weight excluding hydrogens is 470 g/mol. The Hall–Kier alpha value is -4.75. The minimum Gasteiger partial charge on any atom is -0.265 e. The largest absolute Gasteiger partial charge is 0.265 e. The summed E-state index contributed by atoms with van der Waals surface area (Å²) in [5.74, 6) is 0. The highest BCUT2D eigenvalue weighted by Crippen LogP contribution is 2.55.